The van der Waals surface area contributed by atoms with Crippen molar-refractivity contribution >= 4 is 103 Å². The number of rotatable bonds is 12. The number of allylic oxidation sites excluding steroid dienone is 8. The van der Waals surface area contributed by atoms with Crippen LogP contribution in [-0.4, -0.2) is 86.8 Å². The molecular formula is C32H37I2N2O12S4+. The van der Waals surface area contributed by atoms with Gasteiger partial charge in [-0.3, -0.25) is 18.2 Å². The van der Waals surface area contributed by atoms with E-state index in [1.54, 1.807) is 45.9 Å². The maximum Gasteiger partial charge on any atom is 0.294 e. The zero-order valence-corrected chi connectivity index (χ0v) is 36.0. The maximum atomic E-state index is 12.0. The van der Waals surface area contributed by atoms with E-state index < -0.39 is 62.8 Å². The number of fused-ring (bicyclic) bond motifs is 2. The molecule has 4 N–H and O–H groups in total. The number of nitrogens with zero attached hydrogens (tertiary/aromatic N) is 2. The Morgan fingerprint density at radius 1 is 0.827 bits per heavy atom. The van der Waals surface area contributed by atoms with Crippen LogP contribution in [0.15, 0.2) is 81.8 Å². The Morgan fingerprint density at radius 3 is 1.94 bits per heavy atom. The zero-order chi connectivity index (χ0) is 39.4. The van der Waals surface area contributed by atoms with E-state index in [0.29, 0.717) is 41.1 Å². The first kappa shape index (κ1) is 42.7. The molecule has 0 atom stereocenters. The van der Waals surface area contributed by atoms with Crippen molar-refractivity contribution in [1.82, 2.24) is 0 Å². The highest BCUT2D eigenvalue weighted by Gasteiger charge is 2.47. The van der Waals surface area contributed by atoms with Crippen molar-refractivity contribution in [2.45, 2.75) is 55.2 Å². The quantitative estimate of drug-likeness (QED) is 0.0921. The second-order valence-corrected chi connectivity index (χ2v) is 21.6. The lowest BCUT2D eigenvalue weighted by Crippen LogP contribution is -2.30. The summed E-state index contributed by atoms with van der Waals surface area (Å²) in [5.74, 6) is -1.19. The van der Waals surface area contributed by atoms with E-state index in [4.69, 9.17) is 0 Å². The fraction of sp³-hybridized carbons (Fsp3) is 0.344. The minimum Gasteiger partial charge on any atom is -0.342 e. The van der Waals surface area contributed by atoms with Gasteiger partial charge in [-0.2, -0.15) is 38.2 Å². The van der Waals surface area contributed by atoms with Gasteiger partial charge in [-0.1, -0.05) is 43.7 Å². The third-order valence-corrected chi connectivity index (χ3v) is 13.5. The summed E-state index contributed by atoms with van der Waals surface area (Å²) in [6.07, 6.45) is 10.5. The molecule has 284 valence electrons. The van der Waals surface area contributed by atoms with Crippen LogP contribution in [0.3, 0.4) is 0 Å². The summed E-state index contributed by atoms with van der Waals surface area (Å²) in [5, 5.41) is 0. The van der Waals surface area contributed by atoms with E-state index in [-0.39, 0.29) is 22.9 Å². The van der Waals surface area contributed by atoms with Crippen LogP contribution < -0.4 is 4.90 Å². The van der Waals surface area contributed by atoms with Gasteiger partial charge in [-0.05, 0) is 102 Å². The Morgan fingerprint density at radius 2 is 1.38 bits per heavy atom. The van der Waals surface area contributed by atoms with E-state index >= 15 is 0 Å². The molecule has 20 heteroatoms. The van der Waals surface area contributed by atoms with Gasteiger partial charge in [0.05, 0.1) is 30.2 Å². The van der Waals surface area contributed by atoms with Gasteiger partial charge >= 0.3 is 0 Å². The second kappa shape index (κ2) is 14.9. The normalized spacial score (nSPS) is 18.6. The molecule has 0 radical (unpaired) electrons. The van der Waals surface area contributed by atoms with E-state index in [1.165, 1.54) is 24.3 Å². The molecule has 0 saturated heterocycles. The molecule has 0 aliphatic carbocycles. The standard InChI is InChI=1S/C32H36I2N2O12S4/c1-20(8-6-10-27-31(2,3)23-16-21(51(43,44)45)18-25(33)29(23)35(27)12-14-49(37,38)39)9-7-11-28-32(4,5)24-17-22(52(46,47)48)19-26(34)30(24)36(28)13-15-50(40,41)42/h6-11,16-19H,12-15H2,1-5H3,(H3-,37,38,39,40,41,42,43,44,45,46,47,48)/p+1/i33-2,34+4. The van der Waals surface area contributed by atoms with Gasteiger partial charge in [0.1, 0.15) is 5.75 Å². The summed E-state index contributed by atoms with van der Waals surface area (Å²) in [6.45, 7) is 8.82. The summed E-state index contributed by atoms with van der Waals surface area (Å²) in [6, 6.07) is 5.25. The monoisotopic (exact) mass is 1020 g/mol. The highest BCUT2D eigenvalue weighted by atomic mass is 131. The Labute approximate surface area is 331 Å². The van der Waals surface area contributed by atoms with E-state index in [0.717, 1.165) is 5.57 Å². The first-order valence-corrected chi connectivity index (χ1v) is 23.5. The number of halogens is 2. The van der Waals surface area contributed by atoms with Crippen molar-refractivity contribution in [1.29, 1.82) is 0 Å². The average Bonchev–Trinajstić information content (AvgIpc) is 3.32. The fourth-order valence-electron chi connectivity index (χ4n) is 6.25. The van der Waals surface area contributed by atoms with Gasteiger partial charge in [0.15, 0.2) is 12.3 Å². The first-order chi connectivity index (χ1) is 23.6. The Bertz CT molecular complexity index is 2450. The van der Waals surface area contributed by atoms with Crippen LogP contribution in [0.1, 0.15) is 45.7 Å². The number of benzene rings is 2. The topological polar surface area (TPSA) is 224 Å². The average molecular weight is 1030 g/mol. The van der Waals surface area contributed by atoms with Crippen LogP contribution in [0.4, 0.5) is 11.4 Å². The van der Waals surface area contributed by atoms with E-state index in [9.17, 15) is 51.9 Å². The predicted molar refractivity (Wildman–Crippen MR) is 214 cm³/mol. The molecule has 2 aliphatic heterocycles. The summed E-state index contributed by atoms with van der Waals surface area (Å²) in [5.41, 5.74) is 2.41. The summed E-state index contributed by atoms with van der Waals surface area (Å²) < 4.78 is 136. The summed E-state index contributed by atoms with van der Waals surface area (Å²) in [4.78, 5) is 1.07. The van der Waals surface area contributed by atoms with Gasteiger partial charge in [0.25, 0.3) is 40.5 Å². The lowest BCUT2D eigenvalue weighted by molar-refractivity contribution is -0.432. The number of hydrogen-bond donors (Lipinski definition) is 4. The summed E-state index contributed by atoms with van der Waals surface area (Å²) >= 11 is 3.83. The van der Waals surface area contributed by atoms with Crippen molar-refractivity contribution in [3.63, 3.8) is 0 Å². The molecule has 2 aromatic rings. The van der Waals surface area contributed by atoms with Crippen molar-refractivity contribution in [2.75, 3.05) is 29.5 Å². The van der Waals surface area contributed by atoms with Gasteiger partial charge < -0.3 is 4.90 Å². The van der Waals surface area contributed by atoms with Crippen molar-refractivity contribution in [3.8, 4) is 0 Å². The third-order valence-electron chi connectivity index (χ3n) is 8.79. The molecule has 2 aromatic carbocycles. The minimum atomic E-state index is -4.54. The van der Waals surface area contributed by atoms with Crippen LogP contribution in [0.5, 0.6) is 0 Å². The molecule has 0 bridgehead atoms. The molecular weight excluding hydrogens is 988 g/mol. The van der Waals surface area contributed by atoms with Crippen LogP contribution in [0, 0.1) is 7.14 Å². The smallest absolute Gasteiger partial charge is 0.294 e. The van der Waals surface area contributed by atoms with Crippen molar-refractivity contribution < 1.29 is 56.5 Å². The van der Waals surface area contributed by atoms with Crippen LogP contribution in [0.2, 0.25) is 0 Å². The number of hydrogen-bond acceptors (Lipinski definition) is 9. The SMILES string of the molecule is CC(/C=C/C=C1/N(CCS(=O)(=O)O)c2c([131I])cc(S(=O)(=O)O)cc2C1(C)C)=C\C=C\C1=[N+](CCS(=O)(=O)O)c2c([125I])cc(S(=O)(=O)O)cc2C1(C)C. The largest absolute Gasteiger partial charge is 0.342 e. The van der Waals surface area contributed by atoms with Gasteiger partial charge in [0, 0.05) is 32.9 Å². The molecule has 4 rings (SSSR count). The Balaban J connectivity index is 1.73. The van der Waals surface area contributed by atoms with Gasteiger partial charge in [0.2, 0.25) is 5.69 Å². The molecule has 2 heterocycles. The minimum absolute atomic E-state index is 0.136. The van der Waals surface area contributed by atoms with Crippen molar-refractivity contribution in [2.24, 2.45) is 0 Å². The Hall–Kier alpha value is -2.03. The molecule has 0 amide bonds. The third kappa shape index (κ3) is 9.42. The first-order valence-electron chi connectivity index (χ1n) is 15.3. The molecule has 2 aliphatic rings. The van der Waals surface area contributed by atoms with Gasteiger partial charge in [-0.25, -0.2) is 0 Å². The fourth-order valence-corrected chi connectivity index (χ4v) is 10.4. The molecule has 52 heavy (non-hydrogen) atoms. The van der Waals surface area contributed by atoms with Gasteiger partial charge in [-0.15, -0.1) is 0 Å². The second-order valence-electron chi connectivity index (χ2n) is 13.2. The Kier molecular flexibility index (Phi) is 12.2. The molecule has 0 aromatic heterocycles. The van der Waals surface area contributed by atoms with Crippen molar-refractivity contribution in [3.05, 3.63) is 90.3 Å². The van der Waals surface area contributed by atoms with Crippen LogP contribution >= 0.6 is 45.2 Å². The van der Waals surface area contributed by atoms with Crippen LogP contribution in [0.25, 0.3) is 0 Å². The van der Waals surface area contributed by atoms with Crippen LogP contribution in [-0.2, 0) is 51.3 Å². The molecule has 0 unspecified atom stereocenters. The molecule has 0 fully saturated rings. The highest BCUT2D eigenvalue weighted by molar-refractivity contribution is 14.1. The predicted octanol–water partition coefficient (Wildman–Crippen LogP) is 5.28. The maximum absolute atomic E-state index is 12.0. The van der Waals surface area contributed by atoms with E-state index in [1.807, 2.05) is 79.8 Å². The zero-order valence-electron chi connectivity index (χ0n) is 28.4. The number of anilines is 1. The summed E-state index contributed by atoms with van der Waals surface area (Å²) in [7, 11) is -17.8. The molecule has 0 saturated carbocycles. The lowest BCUT2D eigenvalue weighted by Gasteiger charge is -2.26. The highest BCUT2D eigenvalue weighted by Crippen LogP contribution is 2.50. The molecule has 14 nitrogen and oxygen atoms in total. The van der Waals surface area contributed by atoms with E-state index in [2.05, 4.69) is 0 Å². The molecule has 0 spiro atoms. The lowest BCUT2D eigenvalue weighted by atomic mass is 9.81.